The fourth-order valence-corrected chi connectivity index (χ4v) is 3.47. The zero-order chi connectivity index (χ0) is 14.1. The number of fused-ring (bicyclic) bond motifs is 1. The Kier molecular flexibility index (Phi) is 3.81. The first-order valence-corrected chi connectivity index (χ1v) is 7.45. The monoisotopic (exact) mass is 294 g/mol. The number of aromatic nitrogens is 2. The number of nitrogens with one attached hydrogen (secondary N) is 1. The Morgan fingerprint density at radius 2 is 2.35 bits per heavy atom. The molecule has 1 aromatic rings. The second kappa shape index (κ2) is 5.58. The van der Waals surface area contributed by atoms with Gasteiger partial charge in [0.05, 0.1) is 18.4 Å². The molecule has 3 rings (SSSR count). The summed E-state index contributed by atoms with van der Waals surface area (Å²) in [5.74, 6) is 0. The molecule has 2 unspecified atom stereocenters. The van der Waals surface area contributed by atoms with Gasteiger partial charge < -0.3 is 5.32 Å². The zero-order valence-corrected chi connectivity index (χ0v) is 12.1. The maximum atomic E-state index is 12.1. The summed E-state index contributed by atoms with van der Waals surface area (Å²) in [7, 11) is 0. The van der Waals surface area contributed by atoms with Gasteiger partial charge in [-0.1, -0.05) is 17.7 Å². The van der Waals surface area contributed by atoms with Crippen molar-refractivity contribution in [2.24, 2.45) is 0 Å². The zero-order valence-electron chi connectivity index (χ0n) is 11.4. The minimum Gasteiger partial charge on any atom is -0.378 e. The summed E-state index contributed by atoms with van der Waals surface area (Å²) in [5.41, 5.74) is 0.383. The van der Waals surface area contributed by atoms with Crippen LogP contribution in [-0.4, -0.2) is 39.9 Å². The summed E-state index contributed by atoms with van der Waals surface area (Å²) < 4.78 is 1.32. The van der Waals surface area contributed by atoms with E-state index >= 15 is 0 Å². The van der Waals surface area contributed by atoms with Crippen LogP contribution in [0.15, 0.2) is 23.6 Å². The first-order chi connectivity index (χ1) is 9.70. The van der Waals surface area contributed by atoms with Crippen molar-refractivity contribution in [2.75, 3.05) is 18.4 Å². The maximum absolute atomic E-state index is 12.1. The van der Waals surface area contributed by atoms with Crippen LogP contribution in [0.4, 0.5) is 5.69 Å². The molecule has 108 valence electrons. The molecular formula is C14H19ClN4O. The van der Waals surface area contributed by atoms with Crippen molar-refractivity contribution in [1.29, 1.82) is 0 Å². The van der Waals surface area contributed by atoms with Gasteiger partial charge in [0.15, 0.2) is 0 Å². The van der Waals surface area contributed by atoms with Crippen molar-refractivity contribution < 1.29 is 0 Å². The van der Waals surface area contributed by atoms with Gasteiger partial charge >= 0.3 is 0 Å². The third-order valence-electron chi connectivity index (χ3n) is 4.23. The number of hydrogen-bond donors (Lipinski definition) is 1. The van der Waals surface area contributed by atoms with Gasteiger partial charge in [-0.2, -0.15) is 5.10 Å². The van der Waals surface area contributed by atoms with E-state index in [0.717, 1.165) is 13.0 Å². The second-order valence-corrected chi connectivity index (χ2v) is 5.81. The van der Waals surface area contributed by atoms with E-state index in [-0.39, 0.29) is 10.6 Å². The number of anilines is 1. The molecule has 0 saturated carbocycles. The molecule has 2 saturated heterocycles. The van der Waals surface area contributed by atoms with E-state index in [1.165, 1.54) is 24.1 Å². The lowest BCUT2D eigenvalue weighted by molar-refractivity contribution is 0.318. The number of halogens is 1. The Morgan fingerprint density at radius 3 is 3.15 bits per heavy atom. The predicted molar refractivity (Wildman–Crippen MR) is 80.3 cm³/mol. The Hall–Kier alpha value is -1.33. The normalized spacial score (nSPS) is 25.6. The highest BCUT2D eigenvalue weighted by atomic mass is 35.5. The average molecular weight is 295 g/mol. The highest BCUT2D eigenvalue weighted by molar-refractivity contribution is 6.32. The van der Waals surface area contributed by atoms with Crippen LogP contribution >= 0.6 is 11.6 Å². The Morgan fingerprint density at radius 1 is 1.50 bits per heavy atom. The van der Waals surface area contributed by atoms with Gasteiger partial charge in [0.2, 0.25) is 0 Å². The molecular weight excluding hydrogens is 276 g/mol. The van der Waals surface area contributed by atoms with Crippen LogP contribution in [-0.2, 0) is 6.54 Å². The van der Waals surface area contributed by atoms with Crippen molar-refractivity contribution in [3.63, 3.8) is 0 Å². The summed E-state index contributed by atoms with van der Waals surface area (Å²) in [6.45, 7) is 6.29. The van der Waals surface area contributed by atoms with Crippen LogP contribution < -0.4 is 10.9 Å². The van der Waals surface area contributed by atoms with E-state index in [1.807, 2.05) is 0 Å². The molecule has 0 spiro atoms. The molecule has 0 aliphatic carbocycles. The van der Waals surface area contributed by atoms with E-state index in [0.29, 0.717) is 24.3 Å². The van der Waals surface area contributed by atoms with Crippen molar-refractivity contribution in [3.8, 4) is 0 Å². The molecule has 0 aromatic carbocycles. The number of allylic oxidation sites excluding steroid dienone is 1. The molecule has 1 aromatic heterocycles. The lowest BCUT2D eigenvalue weighted by atomic mass is 10.1. The molecule has 0 amide bonds. The van der Waals surface area contributed by atoms with Gasteiger partial charge in [-0.25, -0.2) is 4.68 Å². The van der Waals surface area contributed by atoms with Crippen molar-refractivity contribution in [3.05, 3.63) is 34.2 Å². The SMILES string of the molecule is C=CCn1ncc(NC2CCN3CCCC23)c(Cl)c1=O. The predicted octanol–water partition coefficient (Wildman–Crippen LogP) is 1.73. The minimum absolute atomic E-state index is 0.221. The first kappa shape index (κ1) is 13.6. The van der Waals surface area contributed by atoms with Gasteiger partial charge in [-0.3, -0.25) is 9.69 Å². The van der Waals surface area contributed by atoms with Crippen LogP contribution in [0.2, 0.25) is 5.02 Å². The molecule has 1 N–H and O–H groups in total. The van der Waals surface area contributed by atoms with Crippen LogP contribution in [0.3, 0.4) is 0 Å². The van der Waals surface area contributed by atoms with Gasteiger partial charge in [0, 0.05) is 18.6 Å². The summed E-state index contributed by atoms with van der Waals surface area (Å²) in [6.07, 6.45) is 6.85. The lowest BCUT2D eigenvalue weighted by Gasteiger charge is -2.22. The van der Waals surface area contributed by atoms with Crippen molar-refractivity contribution in [1.82, 2.24) is 14.7 Å². The molecule has 0 bridgehead atoms. The van der Waals surface area contributed by atoms with Gasteiger partial charge in [-0.05, 0) is 25.8 Å². The first-order valence-electron chi connectivity index (χ1n) is 7.08. The second-order valence-electron chi connectivity index (χ2n) is 5.43. The maximum Gasteiger partial charge on any atom is 0.287 e. The minimum atomic E-state index is -0.266. The van der Waals surface area contributed by atoms with E-state index in [2.05, 4.69) is 21.9 Å². The fraction of sp³-hybridized carbons (Fsp3) is 0.571. The molecule has 6 heteroatoms. The van der Waals surface area contributed by atoms with Crippen molar-refractivity contribution in [2.45, 2.75) is 37.9 Å². The third kappa shape index (κ3) is 2.36. The van der Waals surface area contributed by atoms with Crippen molar-refractivity contribution >= 4 is 17.3 Å². The number of hydrogen-bond acceptors (Lipinski definition) is 4. The molecule has 0 radical (unpaired) electrons. The molecule has 2 aliphatic rings. The molecule has 20 heavy (non-hydrogen) atoms. The van der Waals surface area contributed by atoms with Gasteiger partial charge in [-0.15, -0.1) is 6.58 Å². The summed E-state index contributed by atoms with van der Waals surface area (Å²) >= 11 is 6.17. The van der Waals surface area contributed by atoms with E-state index in [9.17, 15) is 4.79 Å². The number of nitrogens with zero attached hydrogens (tertiary/aromatic N) is 3. The molecule has 2 aliphatic heterocycles. The van der Waals surface area contributed by atoms with Gasteiger partial charge in [0.1, 0.15) is 5.02 Å². The topological polar surface area (TPSA) is 50.2 Å². The molecule has 5 nitrogen and oxygen atoms in total. The van der Waals surface area contributed by atoms with Crippen LogP contribution in [0.1, 0.15) is 19.3 Å². The van der Waals surface area contributed by atoms with Gasteiger partial charge in [0.25, 0.3) is 5.56 Å². The standard InChI is InChI=1S/C14H19ClN4O/c1-2-6-19-14(20)13(15)11(9-16-19)17-10-5-8-18-7-3-4-12(10)18/h2,9-10,12,17H,1,3-8H2. The smallest absolute Gasteiger partial charge is 0.287 e. The molecule has 2 fully saturated rings. The Bertz CT molecular complexity index is 571. The quantitative estimate of drug-likeness (QED) is 0.859. The summed E-state index contributed by atoms with van der Waals surface area (Å²) in [4.78, 5) is 14.6. The lowest BCUT2D eigenvalue weighted by Crippen LogP contribution is -2.34. The molecule has 2 atom stereocenters. The Labute approximate surface area is 123 Å². The van der Waals surface area contributed by atoms with Crippen LogP contribution in [0, 0.1) is 0 Å². The highest BCUT2D eigenvalue weighted by Gasteiger charge is 2.37. The third-order valence-corrected chi connectivity index (χ3v) is 4.60. The van der Waals surface area contributed by atoms with Crippen LogP contribution in [0.25, 0.3) is 0 Å². The average Bonchev–Trinajstić information content (AvgIpc) is 3.03. The van der Waals surface area contributed by atoms with E-state index in [4.69, 9.17) is 11.6 Å². The highest BCUT2D eigenvalue weighted by Crippen LogP contribution is 2.30. The summed E-state index contributed by atoms with van der Waals surface area (Å²) in [5, 5.41) is 7.76. The fourth-order valence-electron chi connectivity index (χ4n) is 3.27. The Balaban J connectivity index is 1.79. The molecule has 3 heterocycles. The van der Waals surface area contributed by atoms with E-state index < -0.39 is 0 Å². The summed E-state index contributed by atoms with van der Waals surface area (Å²) in [6, 6.07) is 0.938. The van der Waals surface area contributed by atoms with E-state index in [1.54, 1.807) is 12.3 Å². The number of rotatable bonds is 4. The van der Waals surface area contributed by atoms with Crippen LogP contribution in [0.5, 0.6) is 0 Å². The largest absolute Gasteiger partial charge is 0.378 e.